The van der Waals surface area contributed by atoms with Gasteiger partial charge in [-0.1, -0.05) is 97.9 Å². The molecule has 3 aromatic rings. The average Bonchev–Trinajstić information content (AvgIpc) is 2.88. The van der Waals surface area contributed by atoms with Gasteiger partial charge in [-0.15, -0.1) is 0 Å². The van der Waals surface area contributed by atoms with E-state index in [0.717, 1.165) is 16.7 Å². The molecule has 1 aliphatic heterocycles. The molecule has 176 valence electrons. The predicted molar refractivity (Wildman–Crippen MR) is 128 cm³/mol. The number of hydrogen-bond acceptors (Lipinski definition) is 5. The van der Waals surface area contributed by atoms with Crippen LogP contribution in [0.15, 0.2) is 91.0 Å². The van der Waals surface area contributed by atoms with Crippen molar-refractivity contribution in [2.75, 3.05) is 0 Å². The topological polar surface area (TPSA) is 65.1 Å². The van der Waals surface area contributed by atoms with Crippen LogP contribution in [0.5, 0.6) is 0 Å². The van der Waals surface area contributed by atoms with E-state index in [0.29, 0.717) is 6.42 Å². The Balaban J connectivity index is 1.75. The first-order chi connectivity index (χ1) is 16.6. The average molecular weight is 460 g/mol. The maximum absolute atomic E-state index is 13.6. The van der Waals surface area contributed by atoms with Crippen molar-refractivity contribution < 1.29 is 23.8 Å². The first kappa shape index (κ1) is 23.5. The molecule has 1 amide bonds. The van der Waals surface area contributed by atoms with E-state index in [1.165, 1.54) is 6.92 Å². The van der Waals surface area contributed by atoms with Crippen LogP contribution in [0.3, 0.4) is 0 Å². The number of rotatable bonds is 6. The SMILES string of the molecule is CC[C@@H]1[C@@H](OC(C)=O)OC(c2ccccc2)[C@H](c2ccccc2)N1C(=O)OCc1ccccc1. The molecular formula is C28H29NO5. The van der Waals surface area contributed by atoms with Crippen molar-refractivity contribution in [3.8, 4) is 0 Å². The van der Waals surface area contributed by atoms with E-state index in [2.05, 4.69) is 0 Å². The number of morpholine rings is 1. The molecule has 1 saturated heterocycles. The quantitative estimate of drug-likeness (QED) is 0.436. The summed E-state index contributed by atoms with van der Waals surface area (Å²) in [7, 11) is 0. The molecule has 4 atom stereocenters. The molecule has 0 spiro atoms. The van der Waals surface area contributed by atoms with Gasteiger partial charge in [0, 0.05) is 6.92 Å². The van der Waals surface area contributed by atoms with E-state index >= 15 is 0 Å². The second-order valence-electron chi connectivity index (χ2n) is 8.22. The maximum atomic E-state index is 13.6. The molecule has 0 aromatic heterocycles. The fourth-order valence-corrected chi connectivity index (χ4v) is 4.38. The summed E-state index contributed by atoms with van der Waals surface area (Å²) < 4.78 is 17.7. The van der Waals surface area contributed by atoms with Gasteiger partial charge in [0.25, 0.3) is 0 Å². The highest BCUT2D eigenvalue weighted by Gasteiger charge is 2.48. The van der Waals surface area contributed by atoms with E-state index in [9.17, 15) is 9.59 Å². The van der Waals surface area contributed by atoms with Crippen molar-refractivity contribution in [2.24, 2.45) is 0 Å². The van der Waals surface area contributed by atoms with Crippen LogP contribution in [-0.4, -0.2) is 29.3 Å². The minimum Gasteiger partial charge on any atom is -0.445 e. The van der Waals surface area contributed by atoms with Crippen molar-refractivity contribution in [1.82, 2.24) is 4.90 Å². The first-order valence-corrected chi connectivity index (χ1v) is 11.5. The number of esters is 1. The summed E-state index contributed by atoms with van der Waals surface area (Å²) in [6.45, 7) is 3.42. The Hall–Kier alpha value is -3.64. The summed E-state index contributed by atoms with van der Waals surface area (Å²) in [6.07, 6.45) is -1.44. The predicted octanol–water partition coefficient (Wildman–Crippen LogP) is 5.81. The number of amides is 1. The molecule has 0 saturated carbocycles. The summed E-state index contributed by atoms with van der Waals surface area (Å²) in [4.78, 5) is 27.2. The van der Waals surface area contributed by atoms with Gasteiger partial charge < -0.3 is 14.2 Å². The highest BCUT2D eigenvalue weighted by atomic mass is 16.7. The molecule has 0 aliphatic carbocycles. The number of carbonyl (C=O) groups is 2. The Bertz CT molecular complexity index is 1070. The number of ether oxygens (including phenoxy) is 3. The monoisotopic (exact) mass is 459 g/mol. The summed E-state index contributed by atoms with van der Waals surface area (Å²) in [6, 6.07) is 28.0. The Labute approximate surface area is 200 Å². The van der Waals surface area contributed by atoms with Crippen LogP contribution in [0, 0.1) is 0 Å². The third kappa shape index (κ3) is 5.29. The molecule has 0 N–H and O–H groups in total. The number of hydrogen-bond donors (Lipinski definition) is 0. The largest absolute Gasteiger partial charge is 0.445 e. The first-order valence-electron chi connectivity index (χ1n) is 11.5. The molecule has 0 bridgehead atoms. The smallest absolute Gasteiger partial charge is 0.411 e. The molecule has 3 aromatic carbocycles. The van der Waals surface area contributed by atoms with Gasteiger partial charge in [-0.2, -0.15) is 0 Å². The van der Waals surface area contributed by atoms with E-state index in [1.807, 2.05) is 97.9 Å². The van der Waals surface area contributed by atoms with Gasteiger partial charge >= 0.3 is 12.1 Å². The molecule has 1 heterocycles. The Morgan fingerprint density at radius 1 is 0.853 bits per heavy atom. The summed E-state index contributed by atoms with van der Waals surface area (Å²) >= 11 is 0. The summed E-state index contributed by atoms with van der Waals surface area (Å²) in [5, 5.41) is 0. The van der Waals surface area contributed by atoms with E-state index in [4.69, 9.17) is 14.2 Å². The van der Waals surface area contributed by atoms with Gasteiger partial charge in [0.1, 0.15) is 12.7 Å². The fourth-order valence-electron chi connectivity index (χ4n) is 4.38. The van der Waals surface area contributed by atoms with Gasteiger partial charge in [-0.25, -0.2) is 4.79 Å². The van der Waals surface area contributed by atoms with Crippen LogP contribution in [0.4, 0.5) is 4.79 Å². The van der Waals surface area contributed by atoms with Gasteiger partial charge in [0.2, 0.25) is 6.29 Å². The molecule has 34 heavy (non-hydrogen) atoms. The highest BCUT2D eigenvalue weighted by molar-refractivity contribution is 5.70. The van der Waals surface area contributed by atoms with E-state index in [-0.39, 0.29) is 6.61 Å². The molecule has 1 fully saturated rings. The van der Waals surface area contributed by atoms with Crippen LogP contribution in [-0.2, 0) is 25.6 Å². The minimum absolute atomic E-state index is 0.142. The zero-order valence-electron chi connectivity index (χ0n) is 19.4. The number of nitrogens with zero attached hydrogens (tertiary/aromatic N) is 1. The van der Waals surface area contributed by atoms with Crippen molar-refractivity contribution in [1.29, 1.82) is 0 Å². The van der Waals surface area contributed by atoms with Crippen LogP contribution in [0.2, 0.25) is 0 Å². The van der Waals surface area contributed by atoms with Crippen LogP contribution < -0.4 is 0 Å². The zero-order chi connectivity index (χ0) is 23.9. The molecule has 6 heteroatoms. The van der Waals surface area contributed by atoms with Gasteiger partial charge in [0.15, 0.2) is 0 Å². The van der Waals surface area contributed by atoms with Gasteiger partial charge in [-0.3, -0.25) is 9.69 Å². The third-order valence-electron chi connectivity index (χ3n) is 5.92. The van der Waals surface area contributed by atoms with Gasteiger partial charge in [-0.05, 0) is 23.1 Å². The van der Waals surface area contributed by atoms with Crippen molar-refractivity contribution in [3.05, 3.63) is 108 Å². The normalized spacial score (nSPS) is 22.1. The number of carbonyl (C=O) groups excluding carboxylic acids is 2. The third-order valence-corrected chi connectivity index (χ3v) is 5.92. The zero-order valence-corrected chi connectivity index (χ0v) is 19.4. The maximum Gasteiger partial charge on any atom is 0.411 e. The van der Waals surface area contributed by atoms with Gasteiger partial charge in [0.05, 0.1) is 12.1 Å². The fraction of sp³-hybridized carbons (Fsp3) is 0.286. The highest BCUT2D eigenvalue weighted by Crippen LogP contribution is 2.45. The molecule has 1 aliphatic rings. The lowest BCUT2D eigenvalue weighted by Gasteiger charge is -2.48. The second-order valence-corrected chi connectivity index (χ2v) is 8.22. The number of benzene rings is 3. The Morgan fingerprint density at radius 3 is 1.97 bits per heavy atom. The summed E-state index contributed by atoms with van der Waals surface area (Å²) in [5.74, 6) is -0.467. The second kappa shape index (κ2) is 11.0. The Kier molecular flexibility index (Phi) is 7.60. The molecular weight excluding hydrogens is 430 g/mol. The Morgan fingerprint density at radius 2 is 1.41 bits per heavy atom. The molecule has 1 unspecified atom stereocenters. The molecule has 6 nitrogen and oxygen atoms in total. The minimum atomic E-state index is -0.919. The lowest BCUT2D eigenvalue weighted by molar-refractivity contribution is -0.245. The van der Waals surface area contributed by atoms with Crippen molar-refractivity contribution in [2.45, 2.75) is 51.4 Å². The lowest BCUT2D eigenvalue weighted by Crippen LogP contribution is -2.57. The lowest BCUT2D eigenvalue weighted by atomic mass is 9.90. The standard InChI is InChI=1S/C28H29NO5/c1-3-24-27(33-20(2)30)34-26(23-17-11-6-12-18-23)25(22-15-9-5-10-16-22)29(24)28(31)32-19-21-13-7-4-8-14-21/h4-18,24-27H,3,19H2,1-2H3/t24-,25+,26?,27+/m1/s1. The molecule has 4 rings (SSSR count). The van der Waals surface area contributed by atoms with Crippen LogP contribution in [0.1, 0.15) is 49.1 Å². The van der Waals surface area contributed by atoms with Crippen LogP contribution in [0.25, 0.3) is 0 Å². The summed E-state index contributed by atoms with van der Waals surface area (Å²) in [5.41, 5.74) is 2.68. The van der Waals surface area contributed by atoms with Crippen LogP contribution >= 0.6 is 0 Å². The van der Waals surface area contributed by atoms with Crippen molar-refractivity contribution in [3.63, 3.8) is 0 Å². The van der Waals surface area contributed by atoms with E-state index in [1.54, 1.807) is 4.90 Å². The molecule has 0 radical (unpaired) electrons. The van der Waals surface area contributed by atoms with Crippen molar-refractivity contribution >= 4 is 12.1 Å². The van der Waals surface area contributed by atoms with E-state index < -0.39 is 36.5 Å².